The van der Waals surface area contributed by atoms with E-state index < -0.39 is 0 Å². The van der Waals surface area contributed by atoms with Gasteiger partial charge in [0.05, 0.1) is 18.0 Å². The molecule has 1 fully saturated rings. The average molecular weight is 445 g/mol. The minimum Gasteiger partial charge on any atom is -0.351 e. The molecule has 6 nitrogen and oxygen atoms in total. The Balaban J connectivity index is 1.35. The maximum absolute atomic E-state index is 13.3. The van der Waals surface area contributed by atoms with Gasteiger partial charge >= 0.3 is 0 Å². The third-order valence-electron chi connectivity index (χ3n) is 7.24. The molecule has 1 unspecified atom stereocenters. The summed E-state index contributed by atoms with van der Waals surface area (Å²) in [6, 6.07) is 15.6. The van der Waals surface area contributed by atoms with Gasteiger partial charge in [0.25, 0.3) is 5.91 Å². The zero-order valence-electron chi connectivity index (χ0n) is 19.4. The Morgan fingerprint density at radius 2 is 1.85 bits per heavy atom. The summed E-state index contributed by atoms with van der Waals surface area (Å²) in [5.41, 5.74) is 4.03. The van der Waals surface area contributed by atoms with Gasteiger partial charge in [-0.05, 0) is 68.2 Å². The Kier molecular flexibility index (Phi) is 5.94. The standard InChI is InChI=1S/C27H32N4O2/c1-30-13-6-5-8-21(17-30)27(33)29-25-22-9-4-3-7-18(22)16-23(25)28-26(32)20-10-11-24-19(15-20)12-14-31(24)2/h3-4,7,9-12,14-15,21,23,25H,5-6,8,13,16-17H2,1-2H3,(H,28,32)(H,29,33)/t21?,23-,25-/m0/s1. The lowest BCUT2D eigenvalue weighted by molar-refractivity contribution is -0.126. The lowest BCUT2D eigenvalue weighted by atomic mass is 10.00. The van der Waals surface area contributed by atoms with E-state index in [2.05, 4.69) is 34.7 Å². The lowest BCUT2D eigenvalue weighted by Gasteiger charge is -2.26. The Hall–Kier alpha value is -3.12. The highest BCUT2D eigenvalue weighted by atomic mass is 16.2. The molecule has 1 aliphatic carbocycles. The first-order valence-electron chi connectivity index (χ1n) is 11.9. The van der Waals surface area contributed by atoms with Gasteiger partial charge in [0, 0.05) is 36.3 Å². The molecule has 0 spiro atoms. The number of rotatable bonds is 4. The normalized spacial score (nSPS) is 23.2. The SMILES string of the molecule is CN1CCCCC(C(=O)N[C@H]2c3ccccc3C[C@@H]2NC(=O)c2ccc3c(ccn3C)c2)C1. The number of hydrogen-bond donors (Lipinski definition) is 2. The van der Waals surface area contributed by atoms with E-state index >= 15 is 0 Å². The highest BCUT2D eigenvalue weighted by Gasteiger charge is 2.36. The van der Waals surface area contributed by atoms with Crippen molar-refractivity contribution < 1.29 is 9.59 Å². The number of likely N-dealkylation sites (tertiary alicyclic amines) is 1. The number of amides is 2. The minimum absolute atomic E-state index is 0.0119. The highest BCUT2D eigenvalue weighted by Crippen LogP contribution is 2.32. The van der Waals surface area contributed by atoms with E-state index in [4.69, 9.17) is 0 Å². The van der Waals surface area contributed by atoms with Crippen LogP contribution in [0.4, 0.5) is 0 Å². The Bertz CT molecular complexity index is 1180. The molecule has 2 N–H and O–H groups in total. The molecular weight excluding hydrogens is 412 g/mol. The summed E-state index contributed by atoms with van der Waals surface area (Å²) >= 11 is 0. The summed E-state index contributed by atoms with van der Waals surface area (Å²) in [6.45, 7) is 1.83. The molecule has 1 aliphatic heterocycles. The molecule has 2 aliphatic rings. The van der Waals surface area contributed by atoms with Gasteiger partial charge in [-0.2, -0.15) is 0 Å². The van der Waals surface area contributed by atoms with Crippen molar-refractivity contribution in [1.82, 2.24) is 20.1 Å². The second-order valence-electron chi connectivity index (χ2n) is 9.62. The van der Waals surface area contributed by atoms with Crippen molar-refractivity contribution in [2.45, 2.75) is 37.8 Å². The molecule has 3 atom stereocenters. The summed E-state index contributed by atoms with van der Waals surface area (Å²) in [6.07, 6.45) is 5.84. The maximum atomic E-state index is 13.3. The Labute approximate surface area is 195 Å². The summed E-state index contributed by atoms with van der Waals surface area (Å²) in [5.74, 6) is -0.0236. The average Bonchev–Trinajstić information content (AvgIpc) is 3.26. The molecule has 0 saturated carbocycles. The number of hydrogen-bond acceptors (Lipinski definition) is 3. The first-order chi connectivity index (χ1) is 16.0. The lowest BCUT2D eigenvalue weighted by Crippen LogP contribution is -2.46. The van der Waals surface area contributed by atoms with Gasteiger partial charge in [-0.1, -0.05) is 30.7 Å². The zero-order chi connectivity index (χ0) is 22.9. The summed E-state index contributed by atoms with van der Waals surface area (Å²) in [7, 11) is 4.08. The number of aromatic nitrogens is 1. The molecule has 1 saturated heterocycles. The van der Waals surface area contributed by atoms with Crippen LogP contribution in [0.3, 0.4) is 0 Å². The van der Waals surface area contributed by atoms with Crippen LogP contribution in [-0.4, -0.2) is 47.5 Å². The van der Waals surface area contributed by atoms with Crippen LogP contribution in [0, 0.1) is 5.92 Å². The predicted octanol–water partition coefficient (Wildman–Crippen LogP) is 3.42. The van der Waals surface area contributed by atoms with Gasteiger partial charge in [-0.15, -0.1) is 0 Å². The van der Waals surface area contributed by atoms with Crippen LogP contribution >= 0.6 is 0 Å². The fourth-order valence-corrected chi connectivity index (χ4v) is 5.40. The van der Waals surface area contributed by atoms with Crippen LogP contribution in [0.1, 0.15) is 46.8 Å². The van der Waals surface area contributed by atoms with Crippen LogP contribution in [0.5, 0.6) is 0 Å². The predicted molar refractivity (Wildman–Crippen MR) is 130 cm³/mol. The maximum Gasteiger partial charge on any atom is 0.251 e. The molecule has 3 aromatic rings. The second-order valence-corrected chi connectivity index (χ2v) is 9.62. The van der Waals surface area contributed by atoms with E-state index in [0.717, 1.165) is 48.8 Å². The molecule has 6 heteroatoms. The molecule has 0 radical (unpaired) electrons. The smallest absolute Gasteiger partial charge is 0.251 e. The topological polar surface area (TPSA) is 66.4 Å². The quantitative estimate of drug-likeness (QED) is 0.648. The van der Waals surface area contributed by atoms with Crippen molar-refractivity contribution in [2.24, 2.45) is 13.0 Å². The van der Waals surface area contributed by atoms with Gasteiger partial charge in [-0.25, -0.2) is 0 Å². The van der Waals surface area contributed by atoms with Gasteiger partial charge in [0.2, 0.25) is 5.91 Å². The van der Waals surface area contributed by atoms with Crippen molar-refractivity contribution in [1.29, 1.82) is 0 Å². The van der Waals surface area contributed by atoms with Gasteiger partial charge in [0.15, 0.2) is 0 Å². The Morgan fingerprint density at radius 1 is 1.00 bits per heavy atom. The monoisotopic (exact) mass is 444 g/mol. The van der Waals surface area contributed by atoms with E-state index in [0.29, 0.717) is 12.0 Å². The highest BCUT2D eigenvalue weighted by molar-refractivity contribution is 5.98. The van der Waals surface area contributed by atoms with Gasteiger partial charge < -0.3 is 20.1 Å². The van der Waals surface area contributed by atoms with Crippen LogP contribution in [0.2, 0.25) is 0 Å². The van der Waals surface area contributed by atoms with Crippen LogP contribution in [0.15, 0.2) is 54.7 Å². The molecule has 0 bridgehead atoms. The Morgan fingerprint density at radius 3 is 2.73 bits per heavy atom. The number of aryl methyl sites for hydroxylation is 1. The molecule has 33 heavy (non-hydrogen) atoms. The zero-order valence-corrected chi connectivity index (χ0v) is 19.4. The minimum atomic E-state index is -0.216. The van der Waals surface area contributed by atoms with Crippen molar-refractivity contribution in [2.75, 3.05) is 20.1 Å². The number of benzene rings is 2. The first kappa shape index (κ1) is 21.7. The fraction of sp³-hybridized carbons (Fsp3) is 0.407. The van der Waals surface area contributed by atoms with E-state index in [1.54, 1.807) is 0 Å². The molecule has 1 aromatic heterocycles. The van der Waals surface area contributed by atoms with E-state index in [9.17, 15) is 9.59 Å². The van der Waals surface area contributed by atoms with Crippen LogP contribution in [-0.2, 0) is 18.3 Å². The fourth-order valence-electron chi connectivity index (χ4n) is 5.40. The third-order valence-corrected chi connectivity index (χ3v) is 7.24. The van der Waals surface area contributed by atoms with Crippen LogP contribution < -0.4 is 10.6 Å². The number of nitrogens with one attached hydrogen (secondary N) is 2. The molecule has 2 amide bonds. The summed E-state index contributed by atoms with van der Waals surface area (Å²) in [5, 5.41) is 7.58. The third kappa shape index (κ3) is 4.40. The number of nitrogens with zero attached hydrogens (tertiary/aromatic N) is 2. The van der Waals surface area contributed by atoms with E-state index in [-0.39, 0.29) is 29.8 Å². The van der Waals surface area contributed by atoms with Gasteiger partial charge in [0.1, 0.15) is 0 Å². The summed E-state index contributed by atoms with van der Waals surface area (Å²) < 4.78 is 2.04. The van der Waals surface area contributed by atoms with Crippen molar-refractivity contribution in [3.63, 3.8) is 0 Å². The van der Waals surface area contributed by atoms with Gasteiger partial charge in [-0.3, -0.25) is 9.59 Å². The van der Waals surface area contributed by atoms with Crippen molar-refractivity contribution in [3.8, 4) is 0 Å². The van der Waals surface area contributed by atoms with E-state index in [1.807, 2.05) is 54.2 Å². The van der Waals surface area contributed by atoms with Crippen molar-refractivity contribution >= 4 is 22.7 Å². The second kappa shape index (κ2) is 9.02. The first-order valence-corrected chi connectivity index (χ1v) is 11.9. The molecule has 5 rings (SSSR count). The number of fused-ring (bicyclic) bond motifs is 2. The van der Waals surface area contributed by atoms with E-state index in [1.165, 1.54) is 5.56 Å². The molecule has 172 valence electrons. The van der Waals surface area contributed by atoms with Crippen molar-refractivity contribution in [3.05, 3.63) is 71.4 Å². The molecule has 2 heterocycles. The largest absolute Gasteiger partial charge is 0.351 e. The molecule has 2 aromatic carbocycles. The van der Waals surface area contributed by atoms with Crippen LogP contribution in [0.25, 0.3) is 10.9 Å². The summed E-state index contributed by atoms with van der Waals surface area (Å²) in [4.78, 5) is 28.7. The molecular formula is C27H32N4O2. The number of carbonyl (C=O) groups excluding carboxylic acids is 2. The number of carbonyl (C=O) groups is 2.